The first kappa shape index (κ1) is 6.54. The molecule has 0 rings (SSSR count). The Balaban J connectivity index is 2.68. The highest BCUT2D eigenvalue weighted by molar-refractivity contribution is 6.36. The number of allylic oxidation sites excluding steroid dienone is 2. The van der Waals surface area contributed by atoms with Gasteiger partial charge in [0.25, 0.3) is 0 Å². The van der Waals surface area contributed by atoms with Gasteiger partial charge >= 0.3 is 0 Å². The molecule has 7 heavy (non-hydrogen) atoms. The van der Waals surface area contributed by atoms with Gasteiger partial charge in [-0.15, -0.1) is 13.2 Å². The summed E-state index contributed by atoms with van der Waals surface area (Å²) in [4.78, 5) is 0. The van der Waals surface area contributed by atoms with Gasteiger partial charge in [-0.3, -0.25) is 0 Å². The lowest BCUT2D eigenvalue weighted by Crippen LogP contribution is -1.79. The van der Waals surface area contributed by atoms with Crippen LogP contribution < -0.4 is 0 Å². The van der Waals surface area contributed by atoms with E-state index in [1.54, 1.807) is 0 Å². The predicted octanol–water partition coefficient (Wildman–Crippen LogP) is 1.90. The highest BCUT2D eigenvalue weighted by Gasteiger charge is 1.77. The SMILES string of the molecule is C=CC[B]CC=C. The van der Waals surface area contributed by atoms with Crippen molar-refractivity contribution in [3.05, 3.63) is 25.3 Å². The molecule has 1 heteroatoms. The highest BCUT2D eigenvalue weighted by atomic mass is 13.6. The fourth-order valence-electron chi connectivity index (χ4n) is 0.332. The molecule has 0 N–H and O–H groups in total. The van der Waals surface area contributed by atoms with Crippen LogP contribution >= 0.6 is 0 Å². The van der Waals surface area contributed by atoms with Gasteiger partial charge < -0.3 is 0 Å². The second-order valence-electron chi connectivity index (χ2n) is 1.34. The van der Waals surface area contributed by atoms with E-state index in [-0.39, 0.29) is 0 Å². The fourth-order valence-corrected chi connectivity index (χ4v) is 0.332. The van der Waals surface area contributed by atoms with E-state index >= 15 is 0 Å². The third kappa shape index (κ3) is 5.54. The summed E-state index contributed by atoms with van der Waals surface area (Å²) in [5.41, 5.74) is 0. The maximum absolute atomic E-state index is 3.57. The second kappa shape index (κ2) is 5.54. The zero-order valence-corrected chi connectivity index (χ0v) is 4.56. The van der Waals surface area contributed by atoms with Crippen LogP contribution in [0, 0.1) is 0 Å². The molecule has 0 saturated carbocycles. The predicted molar refractivity (Wildman–Crippen MR) is 35.8 cm³/mol. The average molecular weight is 93.0 g/mol. The largest absolute Gasteiger partial charge is 0.119 e. The number of rotatable bonds is 4. The van der Waals surface area contributed by atoms with Gasteiger partial charge in [-0.2, -0.15) is 0 Å². The lowest BCUT2D eigenvalue weighted by Gasteiger charge is -1.81. The summed E-state index contributed by atoms with van der Waals surface area (Å²) in [7, 11) is 2.12. The van der Waals surface area contributed by atoms with Crippen LogP contribution in [0.25, 0.3) is 0 Å². The molecule has 0 aromatic heterocycles. The van der Waals surface area contributed by atoms with Crippen LogP contribution in [0.2, 0.25) is 12.6 Å². The minimum atomic E-state index is 0.992. The van der Waals surface area contributed by atoms with Gasteiger partial charge in [0.1, 0.15) is 7.28 Å². The van der Waals surface area contributed by atoms with Gasteiger partial charge in [-0.1, -0.05) is 24.8 Å². The van der Waals surface area contributed by atoms with Crippen molar-refractivity contribution in [2.75, 3.05) is 0 Å². The third-order valence-corrected chi connectivity index (χ3v) is 0.667. The monoisotopic (exact) mass is 93.1 g/mol. The summed E-state index contributed by atoms with van der Waals surface area (Å²) in [6, 6.07) is 0. The van der Waals surface area contributed by atoms with Crippen LogP contribution in [0.15, 0.2) is 25.3 Å². The van der Waals surface area contributed by atoms with E-state index in [4.69, 9.17) is 0 Å². The molecule has 0 aliphatic rings. The Hall–Kier alpha value is -0.455. The van der Waals surface area contributed by atoms with Crippen molar-refractivity contribution in [1.29, 1.82) is 0 Å². The Morgan fingerprint density at radius 3 is 1.86 bits per heavy atom. The summed E-state index contributed by atoms with van der Waals surface area (Å²) >= 11 is 0. The Morgan fingerprint density at radius 1 is 1.14 bits per heavy atom. The molecule has 0 aliphatic carbocycles. The second-order valence-corrected chi connectivity index (χ2v) is 1.34. The van der Waals surface area contributed by atoms with E-state index in [1.807, 2.05) is 12.2 Å². The molecule has 0 bridgehead atoms. The lowest BCUT2D eigenvalue weighted by molar-refractivity contribution is 1.60. The maximum Gasteiger partial charge on any atom is 0.119 e. The fraction of sp³-hybridized carbons (Fsp3) is 0.333. The zero-order valence-electron chi connectivity index (χ0n) is 4.56. The van der Waals surface area contributed by atoms with Gasteiger partial charge in [0.05, 0.1) is 0 Å². The molecular weight excluding hydrogens is 82.9 g/mol. The molecule has 0 amide bonds. The summed E-state index contributed by atoms with van der Waals surface area (Å²) in [6.07, 6.45) is 5.74. The van der Waals surface area contributed by atoms with E-state index in [0.29, 0.717) is 0 Å². The van der Waals surface area contributed by atoms with Crippen LogP contribution in [0.3, 0.4) is 0 Å². The first-order chi connectivity index (χ1) is 3.41. The zero-order chi connectivity index (χ0) is 5.54. The van der Waals surface area contributed by atoms with Crippen molar-refractivity contribution < 1.29 is 0 Å². The molecule has 0 heterocycles. The van der Waals surface area contributed by atoms with Crippen LogP contribution in [0.1, 0.15) is 0 Å². The molecule has 0 atom stereocenters. The van der Waals surface area contributed by atoms with Gasteiger partial charge in [0, 0.05) is 0 Å². The van der Waals surface area contributed by atoms with Crippen LogP contribution in [-0.4, -0.2) is 7.28 Å². The lowest BCUT2D eigenvalue weighted by atomic mass is 9.71. The molecular formula is C6H10B. The van der Waals surface area contributed by atoms with Gasteiger partial charge in [0.15, 0.2) is 0 Å². The first-order valence-electron chi connectivity index (χ1n) is 2.45. The van der Waals surface area contributed by atoms with Gasteiger partial charge in [-0.05, 0) is 0 Å². The third-order valence-electron chi connectivity index (χ3n) is 0.667. The van der Waals surface area contributed by atoms with Crippen molar-refractivity contribution >= 4 is 7.28 Å². The summed E-state index contributed by atoms with van der Waals surface area (Å²) in [5, 5.41) is 0. The number of hydrogen-bond acceptors (Lipinski definition) is 0. The smallest absolute Gasteiger partial charge is 0.104 e. The summed E-state index contributed by atoms with van der Waals surface area (Å²) in [6.45, 7) is 7.13. The van der Waals surface area contributed by atoms with Gasteiger partial charge in [-0.25, -0.2) is 0 Å². The Morgan fingerprint density at radius 2 is 1.57 bits per heavy atom. The van der Waals surface area contributed by atoms with E-state index in [2.05, 4.69) is 20.4 Å². The molecule has 0 nitrogen and oxygen atoms in total. The molecule has 0 saturated heterocycles. The quantitative estimate of drug-likeness (QED) is 0.283. The van der Waals surface area contributed by atoms with E-state index in [0.717, 1.165) is 12.6 Å². The standard InChI is InChI=1S/C6H10B/c1-3-5-7-6-4-2/h3-4H,1-2,5-6H2. The number of hydrogen-bond donors (Lipinski definition) is 0. The normalized spacial score (nSPS) is 7.43. The van der Waals surface area contributed by atoms with Crippen molar-refractivity contribution in [3.8, 4) is 0 Å². The molecule has 0 fully saturated rings. The highest BCUT2D eigenvalue weighted by Crippen LogP contribution is 1.84. The summed E-state index contributed by atoms with van der Waals surface area (Å²) in [5.74, 6) is 0. The molecule has 0 aromatic carbocycles. The van der Waals surface area contributed by atoms with E-state index < -0.39 is 0 Å². The van der Waals surface area contributed by atoms with Crippen LogP contribution in [0.5, 0.6) is 0 Å². The van der Waals surface area contributed by atoms with Crippen LogP contribution in [-0.2, 0) is 0 Å². The maximum atomic E-state index is 3.57. The summed E-state index contributed by atoms with van der Waals surface area (Å²) < 4.78 is 0. The van der Waals surface area contributed by atoms with E-state index in [1.165, 1.54) is 0 Å². The molecule has 0 aromatic rings. The Kier molecular flexibility index (Phi) is 5.18. The van der Waals surface area contributed by atoms with Crippen molar-refractivity contribution in [1.82, 2.24) is 0 Å². The van der Waals surface area contributed by atoms with Gasteiger partial charge in [0.2, 0.25) is 0 Å². The first-order valence-corrected chi connectivity index (χ1v) is 2.45. The molecule has 1 radical (unpaired) electrons. The molecule has 0 unspecified atom stereocenters. The molecule has 0 aliphatic heterocycles. The minimum absolute atomic E-state index is 0.992. The van der Waals surface area contributed by atoms with Crippen molar-refractivity contribution in [2.45, 2.75) is 12.6 Å². The van der Waals surface area contributed by atoms with Crippen molar-refractivity contribution in [2.24, 2.45) is 0 Å². The van der Waals surface area contributed by atoms with Crippen molar-refractivity contribution in [3.63, 3.8) is 0 Å². The Labute approximate surface area is 46.2 Å². The topological polar surface area (TPSA) is 0 Å². The Bertz CT molecular complexity index is 49.2. The molecule has 37 valence electrons. The van der Waals surface area contributed by atoms with Crippen LogP contribution in [0.4, 0.5) is 0 Å². The minimum Gasteiger partial charge on any atom is -0.104 e. The average Bonchev–Trinajstić information content (AvgIpc) is 1.69. The van der Waals surface area contributed by atoms with E-state index in [9.17, 15) is 0 Å². The molecule has 0 spiro atoms.